The number of methoxy groups -OCH3 is 1. The average Bonchev–Trinajstić information content (AvgIpc) is 2.81. The summed E-state index contributed by atoms with van der Waals surface area (Å²) in [6.07, 6.45) is 1.02. The molecule has 1 saturated carbocycles. The van der Waals surface area contributed by atoms with Crippen LogP contribution in [0.4, 0.5) is 0 Å². The van der Waals surface area contributed by atoms with Gasteiger partial charge in [0, 0.05) is 32.7 Å². The summed E-state index contributed by atoms with van der Waals surface area (Å²) in [7, 11) is 1.68. The molecule has 0 radical (unpaired) electrons. The Labute approximate surface area is 91.8 Å². The topological polar surface area (TPSA) is 50.4 Å². The molecule has 1 aliphatic carbocycles. The Bertz CT molecular complexity index is 217. The van der Waals surface area contributed by atoms with Crippen LogP contribution in [0.25, 0.3) is 0 Å². The van der Waals surface area contributed by atoms with Crippen LogP contribution in [0.5, 0.6) is 0 Å². The first-order valence-electron chi connectivity index (χ1n) is 5.55. The van der Waals surface area contributed by atoms with Gasteiger partial charge in [-0.25, -0.2) is 0 Å². The van der Waals surface area contributed by atoms with E-state index in [-0.39, 0.29) is 17.2 Å². The minimum atomic E-state index is 0.202. The van der Waals surface area contributed by atoms with Crippen molar-refractivity contribution in [1.29, 1.82) is 0 Å². The van der Waals surface area contributed by atoms with Crippen LogP contribution in [0.1, 0.15) is 20.3 Å². The first kappa shape index (κ1) is 12.5. The van der Waals surface area contributed by atoms with Crippen molar-refractivity contribution >= 4 is 5.91 Å². The zero-order valence-electron chi connectivity index (χ0n) is 9.93. The predicted molar refractivity (Wildman–Crippen MR) is 59.6 cm³/mol. The van der Waals surface area contributed by atoms with E-state index in [1.807, 2.05) is 0 Å². The molecule has 0 aliphatic heterocycles. The Balaban J connectivity index is 1.94. The van der Waals surface area contributed by atoms with E-state index in [1.54, 1.807) is 7.11 Å². The van der Waals surface area contributed by atoms with E-state index in [0.717, 1.165) is 19.5 Å². The Morgan fingerprint density at radius 1 is 1.40 bits per heavy atom. The van der Waals surface area contributed by atoms with Gasteiger partial charge in [-0.05, 0) is 11.8 Å². The van der Waals surface area contributed by atoms with Gasteiger partial charge in [-0.3, -0.25) is 4.79 Å². The molecule has 0 saturated heterocycles. The van der Waals surface area contributed by atoms with Gasteiger partial charge in [0.2, 0.25) is 5.91 Å². The number of rotatable bonds is 7. The van der Waals surface area contributed by atoms with Crippen LogP contribution in [0.2, 0.25) is 0 Å². The molecule has 1 rings (SSSR count). The summed E-state index contributed by atoms with van der Waals surface area (Å²) in [5.41, 5.74) is 0.230. The molecule has 0 aromatic carbocycles. The molecule has 1 unspecified atom stereocenters. The predicted octanol–water partition coefficient (Wildman–Crippen LogP) is 0.385. The molecule has 4 heteroatoms. The number of hydrogen-bond acceptors (Lipinski definition) is 3. The maximum atomic E-state index is 11.5. The number of hydrogen-bond donors (Lipinski definition) is 2. The summed E-state index contributed by atoms with van der Waals surface area (Å²) in [6.45, 7) is 7.32. The van der Waals surface area contributed by atoms with Crippen LogP contribution in [0, 0.1) is 11.3 Å². The minimum absolute atomic E-state index is 0.202. The van der Waals surface area contributed by atoms with Crippen LogP contribution in [-0.2, 0) is 9.53 Å². The number of ether oxygens (including phenoxy) is 1. The van der Waals surface area contributed by atoms with Gasteiger partial charge in [-0.15, -0.1) is 0 Å². The lowest BCUT2D eigenvalue weighted by Crippen LogP contribution is -2.34. The third-order valence-corrected chi connectivity index (χ3v) is 2.91. The highest BCUT2D eigenvalue weighted by Gasteiger charge is 2.50. The van der Waals surface area contributed by atoms with Crippen molar-refractivity contribution in [2.24, 2.45) is 11.3 Å². The number of carbonyl (C=O) groups is 1. The molecule has 88 valence electrons. The monoisotopic (exact) mass is 214 g/mol. The fraction of sp³-hybridized carbons (Fsp3) is 0.909. The van der Waals surface area contributed by atoms with Crippen LogP contribution in [-0.4, -0.2) is 39.3 Å². The summed E-state index contributed by atoms with van der Waals surface area (Å²) in [5, 5.41) is 6.12. The Hall–Kier alpha value is -0.610. The SMILES string of the molecule is COCCNCCNC(=O)C1CC1(C)C. The smallest absolute Gasteiger partial charge is 0.223 e. The van der Waals surface area contributed by atoms with E-state index >= 15 is 0 Å². The quantitative estimate of drug-likeness (QED) is 0.603. The second-order valence-corrected chi connectivity index (χ2v) is 4.78. The summed E-state index contributed by atoms with van der Waals surface area (Å²) in [5.74, 6) is 0.435. The molecular weight excluding hydrogens is 192 g/mol. The van der Waals surface area contributed by atoms with Crippen molar-refractivity contribution < 1.29 is 9.53 Å². The molecule has 1 aliphatic rings. The molecule has 1 atom stereocenters. The number of carbonyl (C=O) groups excluding carboxylic acids is 1. The van der Waals surface area contributed by atoms with Crippen LogP contribution < -0.4 is 10.6 Å². The molecular formula is C11H22N2O2. The second-order valence-electron chi connectivity index (χ2n) is 4.78. The molecule has 0 heterocycles. The fourth-order valence-electron chi connectivity index (χ4n) is 1.61. The normalized spacial score (nSPS) is 22.5. The van der Waals surface area contributed by atoms with Gasteiger partial charge in [0.05, 0.1) is 6.61 Å². The van der Waals surface area contributed by atoms with Crippen molar-refractivity contribution in [3.05, 3.63) is 0 Å². The average molecular weight is 214 g/mol. The molecule has 15 heavy (non-hydrogen) atoms. The molecule has 4 nitrogen and oxygen atoms in total. The zero-order chi connectivity index (χ0) is 11.3. The molecule has 2 N–H and O–H groups in total. The van der Waals surface area contributed by atoms with Crippen molar-refractivity contribution in [3.8, 4) is 0 Å². The van der Waals surface area contributed by atoms with E-state index in [9.17, 15) is 4.79 Å². The Kier molecular flexibility index (Phi) is 4.54. The first-order chi connectivity index (χ1) is 7.08. The second kappa shape index (κ2) is 5.47. The molecule has 0 spiro atoms. The van der Waals surface area contributed by atoms with Crippen LogP contribution in [0.15, 0.2) is 0 Å². The van der Waals surface area contributed by atoms with E-state index in [1.165, 1.54) is 0 Å². The molecule has 0 aromatic rings. The highest BCUT2D eigenvalue weighted by Crippen LogP contribution is 2.51. The largest absolute Gasteiger partial charge is 0.383 e. The zero-order valence-corrected chi connectivity index (χ0v) is 9.93. The Morgan fingerprint density at radius 3 is 2.60 bits per heavy atom. The lowest BCUT2D eigenvalue weighted by Gasteiger charge is -2.07. The maximum absolute atomic E-state index is 11.5. The van der Waals surface area contributed by atoms with Gasteiger partial charge in [0.25, 0.3) is 0 Å². The van der Waals surface area contributed by atoms with Gasteiger partial charge in [0.1, 0.15) is 0 Å². The van der Waals surface area contributed by atoms with E-state index in [4.69, 9.17) is 4.74 Å². The maximum Gasteiger partial charge on any atom is 0.223 e. The van der Waals surface area contributed by atoms with Crippen molar-refractivity contribution in [3.63, 3.8) is 0 Å². The van der Waals surface area contributed by atoms with Crippen molar-refractivity contribution in [2.75, 3.05) is 33.4 Å². The van der Waals surface area contributed by atoms with Gasteiger partial charge >= 0.3 is 0 Å². The summed E-state index contributed by atoms with van der Waals surface area (Å²) < 4.78 is 4.90. The third-order valence-electron chi connectivity index (χ3n) is 2.91. The standard InChI is InChI=1S/C11H22N2O2/c1-11(2)8-9(11)10(14)13-5-4-12-6-7-15-3/h9,12H,4-8H2,1-3H3,(H,13,14). The Morgan fingerprint density at radius 2 is 2.07 bits per heavy atom. The molecule has 0 bridgehead atoms. The minimum Gasteiger partial charge on any atom is -0.383 e. The van der Waals surface area contributed by atoms with Crippen LogP contribution in [0.3, 0.4) is 0 Å². The van der Waals surface area contributed by atoms with Crippen molar-refractivity contribution in [1.82, 2.24) is 10.6 Å². The van der Waals surface area contributed by atoms with E-state index in [0.29, 0.717) is 13.2 Å². The van der Waals surface area contributed by atoms with Gasteiger partial charge < -0.3 is 15.4 Å². The van der Waals surface area contributed by atoms with E-state index in [2.05, 4.69) is 24.5 Å². The van der Waals surface area contributed by atoms with Crippen LogP contribution >= 0.6 is 0 Å². The summed E-state index contributed by atoms with van der Waals surface area (Å²) >= 11 is 0. The third kappa shape index (κ3) is 4.18. The number of amides is 1. The van der Waals surface area contributed by atoms with E-state index < -0.39 is 0 Å². The first-order valence-corrected chi connectivity index (χ1v) is 5.55. The highest BCUT2D eigenvalue weighted by molar-refractivity contribution is 5.82. The van der Waals surface area contributed by atoms with Gasteiger partial charge in [-0.2, -0.15) is 0 Å². The lowest BCUT2D eigenvalue weighted by molar-refractivity contribution is -0.122. The lowest BCUT2D eigenvalue weighted by atomic mass is 10.1. The highest BCUT2D eigenvalue weighted by atomic mass is 16.5. The molecule has 1 amide bonds. The molecule has 1 fully saturated rings. The summed E-state index contributed by atoms with van der Waals surface area (Å²) in [6, 6.07) is 0. The van der Waals surface area contributed by atoms with Crippen molar-refractivity contribution in [2.45, 2.75) is 20.3 Å². The number of nitrogens with one attached hydrogen (secondary N) is 2. The van der Waals surface area contributed by atoms with Gasteiger partial charge in [0.15, 0.2) is 0 Å². The summed E-state index contributed by atoms with van der Waals surface area (Å²) in [4.78, 5) is 11.5. The fourth-order valence-corrected chi connectivity index (χ4v) is 1.61. The molecule has 0 aromatic heterocycles. The van der Waals surface area contributed by atoms with Gasteiger partial charge in [-0.1, -0.05) is 13.8 Å².